The fraction of sp³-hybridized carbons (Fsp3) is 0.900. The van der Waals surface area contributed by atoms with Gasteiger partial charge in [0.1, 0.15) is 5.60 Å². The van der Waals surface area contributed by atoms with E-state index in [4.69, 9.17) is 4.74 Å². The summed E-state index contributed by atoms with van der Waals surface area (Å²) in [4.78, 5) is 0. The Kier molecular flexibility index (Phi) is 4.05. The molecule has 1 aliphatic heterocycles. The van der Waals surface area contributed by atoms with Crippen LogP contribution in [-0.4, -0.2) is 44.8 Å². The highest BCUT2D eigenvalue weighted by atomic mass is 16.5. The molecule has 3 fully saturated rings. The summed E-state index contributed by atoms with van der Waals surface area (Å²) in [7, 11) is 0. The van der Waals surface area contributed by atoms with Crippen LogP contribution in [0.15, 0.2) is 12.7 Å². The molecule has 3 rings (SSSR count). The van der Waals surface area contributed by atoms with Crippen LogP contribution in [0.2, 0.25) is 0 Å². The average molecular weight is 338 g/mol. The van der Waals surface area contributed by atoms with Crippen molar-refractivity contribution in [1.82, 2.24) is 0 Å². The Morgan fingerprint density at radius 3 is 2.25 bits per heavy atom. The Balaban J connectivity index is 2.05. The first-order valence-electron chi connectivity index (χ1n) is 9.29. The van der Waals surface area contributed by atoms with E-state index >= 15 is 0 Å². The fourth-order valence-electron chi connectivity index (χ4n) is 6.57. The Morgan fingerprint density at radius 2 is 1.67 bits per heavy atom. The fourth-order valence-corrected chi connectivity index (χ4v) is 6.57. The van der Waals surface area contributed by atoms with Crippen molar-refractivity contribution in [3.63, 3.8) is 0 Å². The molecular formula is C20H34O4. The molecule has 138 valence electrons. The molecular weight excluding hydrogens is 304 g/mol. The highest BCUT2D eigenvalue weighted by Gasteiger charge is 2.67. The van der Waals surface area contributed by atoms with Gasteiger partial charge in [0.25, 0.3) is 0 Å². The van der Waals surface area contributed by atoms with Crippen molar-refractivity contribution in [3.05, 3.63) is 12.7 Å². The zero-order valence-electron chi connectivity index (χ0n) is 15.7. The first-order chi connectivity index (χ1) is 10.9. The summed E-state index contributed by atoms with van der Waals surface area (Å²) >= 11 is 0. The second-order valence-corrected chi connectivity index (χ2v) is 9.74. The van der Waals surface area contributed by atoms with Crippen molar-refractivity contribution in [2.45, 2.75) is 89.8 Å². The van der Waals surface area contributed by atoms with Crippen LogP contribution >= 0.6 is 0 Å². The minimum Gasteiger partial charge on any atom is -0.393 e. The second-order valence-electron chi connectivity index (χ2n) is 9.74. The lowest BCUT2D eigenvalue weighted by Gasteiger charge is -2.67. The van der Waals surface area contributed by atoms with Crippen LogP contribution in [-0.2, 0) is 4.74 Å². The van der Waals surface area contributed by atoms with Crippen molar-refractivity contribution in [2.24, 2.45) is 22.7 Å². The molecule has 3 aliphatic rings. The van der Waals surface area contributed by atoms with E-state index in [1.807, 2.05) is 6.92 Å². The van der Waals surface area contributed by atoms with Crippen molar-refractivity contribution in [2.75, 3.05) is 0 Å². The number of aliphatic hydroxyl groups is 3. The van der Waals surface area contributed by atoms with Gasteiger partial charge in [0.05, 0.1) is 23.9 Å². The number of fused-ring (bicyclic) bond motifs is 3. The molecule has 2 aliphatic carbocycles. The average Bonchev–Trinajstić information content (AvgIpc) is 2.45. The summed E-state index contributed by atoms with van der Waals surface area (Å²) in [5.41, 5.74) is -1.79. The molecule has 0 aromatic rings. The standard InChI is InChI=1S/C20H34O4/c1-7-19(5)15(23)10-13-18(4)9-8-14(22)17(2,3)16(18)12(21)11-20(13,6)24-19/h7,12-16,21-23H,1,8-11H2,2-6H3/t12-,13-,14+,15-,16+,18-,19-,20-/m0/s1. The third kappa shape index (κ3) is 2.26. The Hall–Kier alpha value is -0.420. The highest BCUT2D eigenvalue weighted by molar-refractivity contribution is 5.17. The largest absolute Gasteiger partial charge is 0.393 e. The van der Waals surface area contributed by atoms with Gasteiger partial charge in [0, 0.05) is 6.42 Å². The Morgan fingerprint density at radius 1 is 1.04 bits per heavy atom. The minimum atomic E-state index is -0.780. The van der Waals surface area contributed by atoms with E-state index in [1.165, 1.54) is 0 Å². The van der Waals surface area contributed by atoms with Gasteiger partial charge >= 0.3 is 0 Å². The predicted octanol–water partition coefficient (Wildman–Crippen LogP) is 2.66. The Bertz CT molecular complexity index is 532. The molecule has 0 bridgehead atoms. The molecule has 8 atom stereocenters. The molecule has 0 radical (unpaired) electrons. The Labute approximate surface area is 145 Å². The summed E-state index contributed by atoms with van der Waals surface area (Å²) in [6.45, 7) is 14.2. The van der Waals surface area contributed by atoms with Crippen LogP contribution in [0.4, 0.5) is 0 Å². The van der Waals surface area contributed by atoms with E-state index in [1.54, 1.807) is 6.08 Å². The van der Waals surface area contributed by atoms with E-state index < -0.39 is 29.5 Å². The van der Waals surface area contributed by atoms with Gasteiger partial charge in [0.15, 0.2) is 0 Å². The SMILES string of the molecule is C=C[C@]1(C)O[C@@]2(C)C[C@H](O)[C@@H]3C(C)(C)[C@H](O)CC[C@@]3(C)[C@@H]2C[C@@H]1O. The van der Waals surface area contributed by atoms with E-state index in [0.717, 1.165) is 12.8 Å². The van der Waals surface area contributed by atoms with Gasteiger partial charge in [-0.1, -0.05) is 26.8 Å². The molecule has 0 unspecified atom stereocenters. The molecule has 0 aromatic heterocycles. The molecule has 1 heterocycles. The van der Waals surface area contributed by atoms with Gasteiger partial charge in [0.2, 0.25) is 0 Å². The second kappa shape index (κ2) is 5.29. The smallest absolute Gasteiger partial charge is 0.110 e. The van der Waals surface area contributed by atoms with E-state index in [2.05, 4.69) is 34.3 Å². The van der Waals surface area contributed by atoms with Crippen molar-refractivity contribution in [1.29, 1.82) is 0 Å². The lowest BCUT2D eigenvalue weighted by molar-refractivity contribution is -0.307. The third-order valence-electron chi connectivity index (χ3n) is 7.84. The van der Waals surface area contributed by atoms with Crippen LogP contribution in [0.3, 0.4) is 0 Å². The number of ether oxygens (including phenoxy) is 1. The van der Waals surface area contributed by atoms with Crippen LogP contribution in [0, 0.1) is 22.7 Å². The lowest BCUT2D eigenvalue weighted by Crippen LogP contribution is -2.70. The van der Waals surface area contributed by atoms with Crippen LogP contribution < -0.4 is 0 Å². The predicted molar refractivity (Wildman–Crippen MR) is 93.4 cm³/mol. The molecule has 0 amide bonds. The molecule has 1 saturated heterocycles. The zero-order chi connectivity index (χ0) is 18.1. The van der Waals surface area contributed by atoms with E-state index in [0.29, 0.717) is 12.8 Å². The number of hydrogen-bond donors (Lipinski definition) is 3. The number of hydrogen-bond acceptors (Lipinski definition) is 4. The summed E-state index contributed by atoms with van der Waals surface area (Å²) in [6, 6.07) is 0. The van der Waals surface area contributed by atoms with Gasteiger partial charge in [-0.05, 0) is 55.8 Å². The maximum Gasteiger partial charge on any atom is 0.110 e. The van der Waals surface area contributed by atoms with Gasteiger partial charge in [-0.2, -0.15) is 0 Å². The highest BCUT2D eigenvalue weighted by Crippen LogP contribution is 2.65. The topological polar surface area (TPSA) is 69.9 Å². The van der Waals surface area contributed by atoms with Crippen LogP contribution in [0.25, 0.3) is 0 Å². The molecule has 0 aromatic carbocycles. The molecule has 3 N–H and O–H groups in total. The molecule has 4 heteroatoms. The van der Waals surface area contributed by atoms with Crippen molar-refractivity contribution in [3.8, 4) is 0 Å². The number of aliphatic hydroxyl groups excluding tert-OH is 3. The van der Waals surface area contributed by atoms with E-state index in [9.17, 15) is 15.3 Å². The summed E-state index contributed by atoms with van der Waals surface area (Å²) < 4.78 is 6.42. The van der Waals surface area contributed by atoms with Crippen LogP contribution in [0.1, 0.15) is 60.3 Å². The zero-order valence-corrected chi connectivity index (χ0v) is 15.7. The number of rotatable bonds is 1. The maximum absolute atomic E-state index is 11.1. The normalized spacial score (nSPS) is 56.9. The first kappa shape index (κ1) is 18.4. The van der Waals surface area contributed by atoms with Crippen molar-refractivity contribution < 1.29 is 20.1 Å². The monoisotopic (exact) mass is 338 g/mol. The quantitative estimate of drug-likeness (QED) is 0.643. The van der Waals surface area contributed by atoms with Gasteiger partial charge in [-0.3, -0.25) is 0 Å². The summed E-state index contributed by atoms with van der Waals surface area (Å²) in [5.74, 6) is 0.143. The molecule has 24 heavy (non-hydrogen) atoms. The molecule has 4 nitrogen and oxygen atoms in total. The van der Waals surface area contributed by atoms with Crippen LogP contribution in [0.5, 0.6) is 0 Å². The molecule has 0 spiro atoms. The van der Waals surface area contributed by atoms with Gasteiger partial charge < -0.3 is 20.1 Å². The van der Waals surface area contributed by atoms with E-state index in [-0.39, 0.29) is 22.7 Å². The summed E-state index contributed by atoms with van der Waals surface area (Å²) in [5, 5.41) is 32.3. The molecule has 2 saturated carbocycles. The summed E-state index contributed by atoms with van der Waals surface area (Å²) in [6.07, 6.45) is 2.92. The third-order valence-corrected chi connectivity index (χ3v) is 7.84. The van der Waals surface area contributed by atoms with Gasteiger partial charge in [-0.15, -0.1) is 6.58 Å². The lowest BCUT2D eigenvalue weighted by atomic mass is 9.43. The van der Waals surface area contributed by atoms with Crippen molar-refractivity contribution >= 4 is 0 Å². The minimum absolute atomic E-state index is 0.00397. The first-order valence-corrected chi connectivity index (χ1v) is 9.29. The van der Waals surface area contributed by atoms with Gasteiger partial charge in [-0.25, -0.2) is 0 Å². The maximum atomic E-state index is 11.1.